The van der Waals surface area contributed by atoms with Crippen molar-refractivity contribution < 1.29 is 23.9 Å². The number of imide groups is 1. The Labute approximate surface area is 106 Å². The Hall–Kier alpha value is -1.59. The third kappa shape index (κ3) is 3.72. The van der Waals surface area contributed by atoms with E-state index in [1.54, 1.807) is 20.8 Å². The highest BCUT2D eigenvalue weighted by Gasteiger charge is 2.39. The van der Waals surface area contributed by atoms with E-state index in [1.165, 1.54) is 7.11 Å². The molecule has 0 aromatic heterocycles. The van der Waals surface area contributed by atoms with Gasteiger partial charge < -0.3 is 9.47 Å². The minimum absolute atomic E-state index is 0.0154. The molecule has 1 fully saturated rings. The van der Waals surface area contributed by atoms with Gasteiger partial charge in [-0.2, -0.15) is 0 Å². The zero-order valence-corrected chi connectivity index (χ0v) is 11.2. The van der Waals surface area contributed by atoms with Crippen LogP contribution in [0.1, 0.15) is 40.0 Å². The van der Waals surface area contributed by atoms with Crippen LogP contribution in [-0.2, 0) is 19.1 Å². The summed E-state index contributed by atoms with van der Waals surface area (Å²) in [6, 6.07) is -0.459. The van der Waals surface area contributed by atoms with Crippen molar-refractivity contribution in [3.05, 3.63) is 0 Å². The van der Waals surface area contributed by atoms with E-state index in [0.717, 1.165) is 4.90 Å². The number of hydrogen-bond acceptors (Lipinski definition) is 5. The fourth-order valence-electron chi connectivity index (χ4n) is 1.77. The summed E-state index contributed by atoms with van der Waals surface area (Å²) >= 11 is 0. The van der Waals surface area contributed by atoms with Crippen LogP contribution in [0.5, 0.6) is 0 Å². The molecule has 18 heavy (non-hydrogen) atoms. The average Bonchev–Trinajstić information content (AvgIpc) is 2.57. The van der Waals surface area contributed by atoms with E-state index >= 15 is 0 Å². The summed E-state index contributed by atoms with van der Waals surface area (Å²) in [5.74, 6) is -0.749. The van der Waals surface area contributed by atoms with Crippen molar-refractivity contribution in [3.63, 3.8) is 0 Å². The molecule has 1 rings (SSSR count). The van der Waals surface area contributed by atoms with E-state index in [4.69, 9.17) is 4.74 Å². The topological polar surface area (TPSA) is 72.9 Å². The van der Waals surface area contributed by atoms with E-state index in [2.05, 4.69) is 4.74 Å². The summed E-state index contributed by atoms with van der Waals surface area (Å²) in [5, 5.41) is 0. The van der Waals surface area contributed by atoms with Crippen LogP contribution in [0.25, 0.3) is 0 Å². The fourth-order valence-corrected chi connectivity index (χ4v) is 1.77. The number of carbonyl (C=O) groups is 3. The number of methoxy groups -OCH3 is 1. The number of ether oxygens (including phenoxy) is 2. The summed E-state index contributed by atoms with van der Waals surface area (Å²) in [5.41, 5.74) is -0.671. The van der Waals surface area contributed by atoms with Gasteiger partial charge in [0, 0.05) is 6.42 Å². The lowest BCUT2D eigenvalue weighted by Crippen LogP contribution is -2.43. The molecule has 0 aromatic carbocycles. The van der Waals surface area contributed by atoms with E-state index < -0.39 is 23.7 Å². The maximum absolute atomic E-state index is 11.9. The molecule has 6 nitrogen and oxygen atoms in total. The molecular formula is C12H19NO5. The van der Waals surface area contributed by atoms with Gasteiger partial charge in [0.05, 0.1) is 19.6 Å². The van der Waals surface area contributed by atoms with Gasteiger partial charge in [-0.15, -0.1) is 0 Å². The molecule has 1 heterocycles. The van der Waals surface area contributed by atoms with Gasteiger partial charge >= 0.3 is 12.1 Å². The van der Waals surface area contributed by atoms with Crippen molar-refractivity contribution >= 4 is 18.0 Å². The first-order valence-corrected chi connectivity index (χ1v) is 5.86. The van der Waals surface area contributed by atoms with Gasteiger partial charge in [0.1, 0.15) is 5.60 Å². The molecule has 102 valence electrons. The van der Waals surface area contributed by atoms with Crippen molar-refractivity contribution in [1.29, 1.82) is 0 Å². The van der Waals surface area contributed by atoms with Crippen LogP contribution >= 0.6 is 0 Å². The number of rotatable bonds is 2. The first kappa shape index (κ1) is 14.5. The molecule has 1 saturated heterocycles. The second-order valence-corrected chi connectivity index (χ2v) is 5.22. The van der Waals surface area contributed by atoms with Crippen LogP contribution in [0.15, 0.2) is 0 Å². The molecule has 0 aromatic rings. The summed E-state index contributed by atoms with van der Waals surface area (Å²) in [7, 11) is 1.27. The third-order valence-corrected chi connectivity index (χ3v) is 2.55. The number of carbonyl (C=O) groups excluding carboxylic acids is 3. The van der Waals surface area contributed by atoms with Crippen LogP contribution in [0.2, 0.25) is 0 Å². The van der Waals surface area contributed by atoms with Crippen molar-refractivity contribution in [1.82, 2.24) is 4.90 Å². The minimum Gasteiger partial charge on any atom is -0.469 e. The van der Waals surface area contributed by atoms with Crippen LogP contribution in [0.4, 0.5) is 4.79 Å². The molecule has 1 atom stereocenters. The zero-order valence-electron chi connectivity index (χ0n) is 11.2. The standard InChI is InChI=1S/C12H19NO5/c1-12(2,3)18-11(16)13-8(5-6-9(13)14)7-10(15)17-4/h8H,5-7H2,1-4H3/t8-/m1/s1. The van der Waals surface area contributed by atoms with Crippen LogP contribution < -0.4 is 0 Å². The van der Waals surface area contributed by atoms with E-state index in [9.17, 15) is 14.4 Å². The van der Waals surface area contributed by atoms with E-state index in [1.807, 2.05) is 0 Å². The van der Waals surface area contributed by atoms with Crippen molar-refractivity contribution in [3.8, 4) is 0 Å². The predicted octanol–water partition coefficient (Wildman–Crippen LogP) is 1.48. The first-order valence-electron chi connectivity index (χ1n) is 5.86. The lowest BCUT2D eigenvalue weighted by Gasteiger charge is -2.26. The second-order valence-electron chi connectivity index (χ2n) is 5.22. The number of esters is 1. The number of hydrogen-bond donors (Lipinski definition) is 0. The lowest BCUT2D eigenvalue weighted by molar-refractivity contribution is -0.142. The minimum atomic E-state index is -0.695. The van der Waals surface area contributed by atoms with Gasteiger partial charge in [0.15, 0.2) is 0 Å². The van der Waals surface area contributed by atoms with Gasteiger partial charge in [-0.05, 0) is 27.2 Å². The summed E-state index contributed by atoms with van der Waals surface area (Å²) in [4.78, 5) is 35.8. The van der Waals surface area contributed by atoms with E-state index in [-0.39, 0.29) is 18.7 Å². The van der Waals surface area contributed by atoms with Crippen molar-refractivity contribution in [2.24, 2.45) is 0 Å². The Kier molecular flexibility index (Phi) is 4.32. The summed E-state index contributed by atoms with van der Waals surface area (Å²) in [6.07, 6.45) is 0.0362. The van der Waals surface area contributed by atoms with Crippen molar-refractivity contribution in [2.75, 3.05) is 7.11 Å². The van der Waals surface area contributed by atoms with Crippen molar-refractivity contribution in [2.45, 2.75) is 51.7 Å². The van der Waals surface area contributed by atoms with Gasteiger partial charge in [0.25, 0.3) is 0 Å². The molecule has 1 aliphatic rings. The molecule has 2 amide bonds. The molecule has 0 bridgehead atoms. The molecule has 0 aliphatic carbocycles. The Morgan fingerprint density at radius 3 is 2.50 bits per heavy atom. The van der Waals surface area contributed by atoms with E-state index in [0.29, 0.717) is 6.42 Å². The monoisotopic (exact) mass is 257 g/mol. The molecule has 0 saturated carbocycles. The molecule has 6 heteroatoms. The molecule has 1 aliphatic heterocycles. The van der Waals surface area contributed by atoms with Crippen LogP contribution in [0, 0.1) is 0 Å². The fraction of sp³-hybridized carbons (Fsp3) is 0.750. The highest BCUT2D eigenvalue weighted by atomic mass is 16.6. The average molecular weight is 257 g/mol. The zero-order chi connectivity index (χ0) is 13.9. The second kappa shape index (κ2) is 5.37. The first-order chi connectivity index (χ1) is 8.24. The van der Waals surface area contributed by atoms with Crippen LogP contribution in [-0.4, -0.2) is 41.6 Å². The number of likely N-dealkylation sites (tertiary alicyclic amines) is 1. The lowest BCUT2D eigenvalue weighted by atomic mass is 10.1. The Morgan fingerprint density at radius 2 is 2.00 bits per heavy atom. The van der Waals surface area contributed by atoms with Gasteiger partial charge in [-0.25, -0.2) is 9.69 Å². The maximum atomic E-state index is 11.9. The van der Waals surface area contributed by atoms with Gasteiger partial charge in [-0.1, -0.05) is 0 Å². The predicted molar refractivity (Wildman–Crippen MR) is 62.7 cm³/mol. The molecule has 0 radical (unpaired) electrons. The number of nitrogens with zero attached hydrogens (tertiary/aromatic N) is 1. The maximum Gasteiger partial charge on any atom is 0.417 e. The van der Waals surface area contributed by atoms with Gasteiger partial charge in [0.2, 0.25) is 5.91 Å². The molecular weight excluding hydrogens is 238 g/mol. The highest BCUT2D eigenvalue weighted by Crippen LogP contribution is 2.24. The number of amides is 2. The highest BCUT2D eigenvalue weighted by molar-refractivity contribution is 5.94. The Morgan fingerprint density at radius 1 is 1.39 bits per heavy atom. The SMILES string of the molecule is COC(=O)C[C@H]1CCC(=O)N1C(=O)OC(C)(C)C. The largest absolute Gasteiger partial charge is 0.469 e. The summed E-state index contributed by atoms with van der Waals surface area (Å²) in [6.45, 7) is 5.17. The quantitative estimate of drug-likeness (QED) is 0.700. The third-order valence-electron chi connectivity index (χ3n) is 2.55. The normalized spacial score (nSPS) is 19.9. The molecule has 0 spiro atoms. The summed E-state index contributed by atoms with van der Waals surface area (Å²) < 4.78 is 9.70. The Bertz CT molecular complexity index is 358. The Balaban J connectivity index is 2.73. The van der Waals surface area contributed by atoms with Gasteiger partial charge in [-0.3, -0.25) is 9.59 Å². The molecule has 0 unspecified atom stereocenters. The van der Waals surface area contributed by atoms with Crippen LogP contribution in [0.3, 0.4) is 0 Å². The molecule has 0 N–H and O–H groups in total. The smallest absolute Gasteiger partial charge is 0.417 e.